The zero-order valence-electron chi connectivity index (χ0n) is 7.20. The van der Waals surface area contributed by atoms with E-state index in [-0.39, 0.29) is 6.42 Å². The third kappa shape index (κ3) is 3.19. The van der Waals surface area contributed by atoms with Gasteiger partial charge in [-0.05, 0) is 13.3 Å². The molecule has 1 N–H and O–H groups in total. The van der Waals surface area contributed by atoms with Gasteiger partial charge in [0.25, 0.3) is 10.1 Å². The topological polar surface area (TPSA) is 80.7 Å². The molecule has 6 heteroatoms. The molecule has 5 nitrogen and oxygen atoms in total. The summed E-state index contributed by atoms with van der Waals surface area (Å²) >= 11 is 0. The van der Waals surface area contributed by atoms with Gasteiger partial charge < -0.3 is 5.11 Å². The summed E-state index contributed by atoms with van der Waals surface area (Å²) < 4.78 is 25.7. The predicted octanol–water partition coefficient (Wildman–Crippen LogP) is 0.216. The van der Waals surface area contributed by atoms with Gasteiger partial charge in [0.05, 0.1) is 6.26 Å². The van der Waals surface area contributed by atoms with Gasteiger partial charge in [0, 0.05) is 0 Å². The normalized spacial score (nSPS) is 16.9. The summed E-state index contributed by atoms with van der Waals surface area (Å²) in [6.45, 7) is 2.76. The SMILES string of the molecule is CC[C@@](C)(OS(C)(=O)=O)C(=O)O. The molecule has 0 saturated carbocycles. The van der Waals surface area contributed by atoms with Crippen molar-refractivity contribution in [1.82, 2.24) is 0 Å². The highest BCUT2D eigenvalue weighted by atomic mass is 32.2. The fourth-order valence-corrected chi connectivity index (χ4v) is 1.44. The first-order valence-corrected chi connectivity index (χ1v) is 5.17. The van der Waals surface area contributed by atoms with Crippen LogP contribution in [-0.2, 0) is 19.1 Å². The lowest BCUT2D eigenvalue weighted by Crippen LogP contribution is -2.39. The summed E-state index contributed by atoms with van der Waals surface area (Å²) in [7, 11) is -3.72. The second kappa shape index (κ2) is 3.40. The van der Waals surface area contributed by atoms with E-state index in [1.807, 2.05) is 0 Å². The zero-order valence-corrected chi connectivity index (χ0v) is 8.01. The molecule has 0 aliphatic rings. The lowest BCUT2D eigenvalue weighted by molar-refractivity contribution is -0.153. The molecule has 0 unspecified atom stereocenters. The number of aliphatic carboxylic acids is 1. The molecule has 72 valence electrons. The number of rotatable bonds is 4. The lowest BCUT2D eigenvalue weighted by Gasteiger charge is -2.21. The van der Waals surface area contributed by atoms with Crippen LogP contribution in [0.5, 0.6) is 0 Å². The van der Waals surface area contributed by atoms with Gasteiger partial charge in [0.1, 0.15) is 0 Å². The molecule has 0 bridgehead atoms. The highest BCUT2D eigenvalue weighted by Crippen LogP contribution is 2.17. The molecule has 0 amide bonds. The summed E-state index contributed by atoms with van der Waals surface area (Å²) in [4.78, 5) is 10.5. The fourth-order valence-electron chi connectivity index (χ4n) is 0.580. The van der Waals surface area contributed by atoms with Crippen LogP contribution in [0.3, 0.4) is 0 Å². The number of carboxylic acid groups (broad SMARTS) is 1. The Kier molecular flexibility index (Phi) is 3.23. The molecule has 12 heavy (non-hydrogen) atoms. The summed E-state index contributed by atoms with van der Waals surface area (Å²) in [5.41, 5.74) is -1.65. The van der Waals surface area contributed by atoms with Gasteiger partial charge in [-0.25, -0.2) is 4.79 Å². The number of carbonyl (C=O) groups is 1. The monoisotopic (exact) mass is 196 g/mol. The maximum atomic E-state index is 10.6. The van der Waals surface area contributed by atoms with E-state index in [1.165, 1.54) is 6.92 Å². The van der Waals surface area contributed by atoms with Crippen LogP contribution in [0.25, 0.3) is 0 Å². The molecule has 0 spiro atoms. The van der Waals surface area contributed by atoms with Gasteiger partial charge in [0.2, 0.25) is 0 Å². The van der Waals surface area contributed by atoms with Gasteiger partial charge in [-0.3, -0.25) is 4.18 Å². The summed E-state index contributed by atoms with van der Waals surface area (Å²) in [5, 5.41) is 8.61. The zero-order chi connectivity index (χ0) is 9.99. The predicted molar refractivity (Wildman–Crippen MR) is 42.3 cm³/mol. The molecule has 0 aromatic rings. The van der Waals surface area contributed by atoms with E-state index >= 15 is 0 Å². The van der Waals surface area contributed by atoms with Crippen LogP contribution in [0.15, 0.2) is 0 Å². The molecule has 0 radical (unpaired) electrons. The second-order valence-electron chi connectivity index (χ2n) is 2.68. The van der Waals surface area contributed by atoms with Crippen molar-refractivity contribution in [3.05, 3.63) is 0 Å². The average Bonchev–Trinajstić information content (AvgIpc) is 1.83. The molecule has 0 aliphatic heterocycles. The summed E-state index contributed by atoms with van der Waals surface area (Å²) in [6.07, 6.45) is 0.916. The molecular weight excluding hydrogens is 184 g/mol. The van der Waals surface area contributed by atoms with Crippen LogP contribution in [-0.4, -0.2) is 31.4 Å². The van der Waals surface area contributed by atoms with Crippen LogP contribution < -0.4 is 0 Å². The van der Waals surface area contributed by atoms with Crippen molar-refractivity contribution in [2.24, 2.45) is 0 Å². The molecule has 0 fully saturated rings. The van der Waals surface area contributed by atoms with Crippen molar-refractivity contribution in [3.63, 3.8) is 0 Å². The van der Waals surface area contributed by atoms with Crippen molar-refractivity contribution in [2.45, 2.75) is 25.9 Å². The molecular formula is C6H12O5S. The Morgan fingerprint density at radius 1 is 1.58 bits per heavy atom. The highest BCUT2D eigenvalue weighted by Gasteiger charge is 2.36. The molecule has 0 aromatic heterocycles. The van der Waals surface area contributed by atoms with Crippen LogP contribution in [0.1, 0.15) is 20.3 Å². The van der Waals surface area contributed by atoms with Crippen molar-refractivity contribution in [3.8, 4) is 0 Å². The lowest BCUT2D eigenvalue weighted by atomic mass is 10.1. The van der Waals surface area contributed by atoms with E-state index in [4.69, 9.17) is 5.11 Å². The Hall–Kier alpha value is -0.620. The Bertz CT molecular complexity index is 268. The Balaban J connectivity index is 4.69. The Morgan fingerprint density at radius 2 is 2.00 bits per heavy atom. The van der Waals surface area contributed by atoms with E-state index < -0.39 is 21.7 Å². The van der Waals surface area contributed by atoms with E-state index in [1.54, 1.807) is 6.92 Å². The molecule has 0 heterocycles. The second-order valence-corrected chi connectivity index (χ2v) is 4.25. The summed E-state index contributed by atoms with van der Waals surface area (Å²) in [6, 6.07) is 0. The van der Waals surface area contributed by atoms with Crippen molar-refractivity contribution < 1.29 is 22.5 Å². The highest BCUT2D eigenvalue weighted by molar-refractivity contribution is 7.86. The number of carboxylic acids is 1. The molecule has 0 aliphatic carbocycles. The van der Waals surface area contributed by atoms with Gasteiger partial charge in [-0.1, -0.05) is 6.92 Å². The first-order chi connectivity index (χ1) is 5.21. The molecule has 0 rings (SSSR count). The number of hydrogen-bond donors (Lipinski definition) is 1. The minimum atomic E-state index is -3.72. The van der Waals surface area contributed by atoms with E-state index in [0.29, 0.717) is 0 Å². The van der Waals surface area contributed by atoms with E-state index in [2.05, 4.69) is 4.18 Å². The standard InChI is InChI=1S/C6H12O5S/c1-4-6(2,5(7)8)11-12(3,9)10/h4H2,1-3H3,(H,7,8)/t6-/m1/s1. The molecule has 1 atom stereocenters. The minimum absolute atomic E-state index is 0.0927. The molecule has 0 aromatic carbocycles. The van der Waals surface area contributed by atoms with Crippen LogP contribution >= 0.6 is 0 Å². The smallest absolute Gasteiger partial charge is 0.337 e. The van der Waals surface area contributed by atoms with E-state index in [9.17, 15) is 13.2 Å². The maximum Gasteiger partial charge on any atom is 0.337 e. The minimum Gasteiger partial charge on any atom is -0.479 e. The van der Waals surface area contributed by atoms with Crippen LogP contribution in [0.4, 0.5) is 0 Å². The van der Waals surface area contributed by atoms with Gasteiger partial charge >= 0.3 is 5.97 Å². The van der Waals surface area contributed by atoms with Crippen molar-refractivity contribution in [2.75, 3.05) is 6.26 Å². The van der Waals surface area contributed by atoms with E-state index in [0.717, 1.165) is 6.26 Å². The van der Waals surface area contributed by atoms with Gasteiger partial charge in [-0.15, -0.1) is 0 Å². The van der Waals surface area contributed by atoms with Gasteiger partial charge in [0.15, 0.2) is 5.60 Å². The average molecular weight is 196 g/mol. The van der Waals surface area contributed by atoms with Crippen LogP contribution in [0, 0.1) is 0 Å². The largest absolute Gasteiger partial charge is 0.479 e. The fraction of sp³-hybridized carbons (Fsp3) is 0.833. The Labute approximate surface area is 71.5 Å². The first-order valence-electron chi connectivity index (χ1n) is 3.35. The van der Waals surface area contributed by atoms with Crippen LogP contribution in [0.2, 0.25) is 0 Å². The maximum absolute atomic E-state index is 10.6. The van der Waals surface area contributed by atoms with Gasteiger partial charge in [-0.2, -0.15) is 8.42 Å². The molecule has 0 saturated heterocycles. The van der Waals surface area contributed by atoms with Crippen molar-refractivity contribution >= 4 is 16.1 Å². The Morgan fingerprint density at radius 3 is 2.08 bits per heavy atom. The quantitative estimate of drug-likeness (QED) is 0.650. The third-order valence-electron chi connectivity index (χ3n) is 1.46. The first kappa shape index (κ1) is 11.4. The summed E-state index contributed by atoms with van der Waals surface area (Å²) in [5.74, 6) is -1.28. The number of hydrogen-bond acceptors (Lipinski definition) is 4. The third-order valence-corrected chi connectivity index (χ3v) is 2.13. The van der Waals surface area contributed by atoms with Crippen molar-refractivity contribution in [1.29, 1.82) is 0 Å².